The standard InChI is InChI=1S/C14H8BrClFN3/c15-10-6-7-11(17)12(8-10)20-13(18-19-14(20)16)9-4-2-1-3-5-9/h1-8H. The Morgan fingerprint density at radius 1 is 1.05 bits per heavy atom. The molecule has 2 aromatic carbocycles. The molecule has 0 bridgehead atoms. The van der Waals surface area contributed by atoms with Crippen molar-refractivity contribution < 1.29 is 4.39 Å². The van der Waals surface area contributed by atoms with Gasteiger partial charge in [0.05, 0.1) is 5.69 Å². The van der Waals surface area contributed by atoms with Crippen molar-refractivity contribution in [2.45, 2.75) is 0 Å². The first-order valence-corrected chi connectivity index (χ1v) is 6.95. The molecule has 20 heavy (non-hydrogen) atoms. The van der Waals surface area contributed by atoms with Gasteiger partial charge in [-0.2, -0.15) is 0 Å². The average Bonchev–Trinajstić information content (AvgIpc) is 2.84. The highest BCUT2D eigenvalue weighted by Crippen LogP contribution is 2.28. The molecule has 0 aliphatic heterocycles. The quantitative estimate of drug-likeness (QED) is 0.680. The van der Waals surface area contributed by atoms with E-state index >= 15 is 0 Å². The minimum absolute atomic E-state index is 0.112. The zero-order chi connectivity index (χ0) is 14.1. The van der Waals surface area contributed by atoms with Crippen LogP contribution in [0.3, 0.4) is 0 Å². The number of halogens is 3. The number of aromatic nitrogens is 3. The molecule has 0 aliphatic carbocycles. The molecule has 0 spiro atoms. The normalized spacial score (nSPS) is 10.8. The maximum atomic E-state index is 14.1. The van der Waals surface area contributed by atoms with Crippen LogP contribution in [0.1, 0.15) is 0 Å². The fourth-order valence-electron chi connectivity index (χ4n) is 1.91. The Morgan fingerprint density at radius 3 is 2.55 bits per heavy atom. The molecule has 0 saturated carbocycles. The van der Waals surface area contributed by atoms with E-state index < -0.39 is 5.82 Å². The van der Waals surface area contributed by atoms with Crippen molar-refractivity contribution in [3.8, 4) is 17.1 Å². The van der Waals surface area contributed by atoms with Crippen LogP contribution in [0.5, 0.6) is 0 Å². The van der Waals surface area contributed by atoms with Crippen LogP contribution in [0, 0.1) is 5.82 Å². The van der Waals surface area contributed by atoms with Crippen LogP contribution in [0.2, 0.25) is 5.28 Å². The van der Waals surface area contributed by atoms with Crippen LogP contribution < -0.4 is 0 Å². The minimum Gasteiger partial charge on any atom is -0.263 e. The molecule has 0 atom stereocenters. The summed E-state index contributed by atoms with van der Waals surface area (Å²) in [5, 5.41) is 7.98. The lowest BCUT2D eigenvalue weighted by molar-refractivity contribution is 0.618. The zero-order valence-electron chi connectivity index (χ0n) is 10.1. The van der Waals surface area contributed by atoms with E-state index in [0.29, 0.717) is 11.5 Å². The fraction of sp³-hybridized carbons (Fsp3) is 0. The van der Waals surface area contributed by atoms with Gasteiger partial charge in [0.2, 0.25) is 5.28 Å². The number of rotatable bonds is 2. The predicted octanol–water partition coefficient (Wildman–Crippen LogP) is 4.49. The summed E-state index contributed by atoms with van der Waals surface area (Å²) < 4.78 is 16.3. The molecule has 0 radical (unpaired) electrons. The highest BCUT2D eigenvalue weighted by atomic mass is 79.9. The summed E-state index contributed by atoms with van der Waals surface area (Å²) in [6, 6.07) is 14.0. The summed E-state index contributed by atoms with van der Waals surface area (Å²) in [4.78, 5) is 0. The van der Waals surface area contributed by atoms with E-state index in [1.807, 2.05) is 30.3 Å². The fourth-order valence-corrected chi connectivity index (χ4v) is 2.47. The first-order chi connectivity index (χ1) is 9.66. The third kappa shape index (κ3) is 2.34. The van der Waals surface area contributed by atoms with Crippen molar-refractivity contribution in [1.29, 1.82) is 0 Å². The summed E-state index contributed by atoms with van der Waals surface area (Å²) in [5.74, 6) is 0.0969. The SMILES string of the molecule is Fc1ccc(Br)cc1-n1c(Cl)nnc1-c1ccccc1. The van der Waals surface area contributed by atoms with Gasteiger partial charge in [-0.25, -0.2) is 4.39 Å². The number of hydrogen-bond acceptors (Lipinski definition) is 2. The van der Waals surface area contributed by atoms with E-state index in [1.165, 1.54) is 10.6 Å². The van der Waals surface area contributed by atoms with E-state index in [9.17, 15) is 4.39 Å². The summed E-state index contributed by atoms with van der Waals surface area (Å²) in [5.41, 5.74) is 1.11. The molecule has 100 valence electrons. The summed E-state index contributed by atoms with van der Waals surface area (Å²) in [6.45, 7) is 0. The molecule has 3 nitrogen and oxygen atoms in total. The Kier molecular flexibility index (Phi) is 3.54. The van der Waals surface area contributed by atoms with Crippen LogP contribution in [0.4, 0.5) is 4.39 Å². The Labute approximate surface area is 128 Å². The van der Waals surface area contributed by atoms with Crippen molar-refractivity contribution in [3.05, 3.63) is 64.1 Å². The first kappa shape index (κ1) is 13.3. The van der Waals surface area contributed by atoms with Gasteiger partial charge >= 0.3 is 0 Å². The van der Waals surface area contributed by atoms with Crippen molar-refractivity contribution in [1.82, 2.24) is 14.8 Å². The largest absolute Gasteiger partial charge is 0.263 e. The highest BCUT2D eigenvalue weighted by Gasteiger charge is 2.17. The van der Waals surface area contributed by atoms with Gasteiger partial charge in [0, 0.05) is 10.0 Å². The van der Waals surface area contributed by atoms with E-state index in [2.05, 4.69) is 26.1 Å². The second kappa shape index (κ2) is 5.34. The van der Waals surface area contributed by atoms with Gasteiger partial charge in [-0.05, 0) is 29.8 Å². The summed E-state index contributed by atoms with van der Waals surface area (Å²) >= 11 is 9.38. The molecular formula is C14H8BrClFN3. The minimum atomic E-state index is -0.396. The van der Waals surface area contributed by atoms with Crippen LogP contribution in [0.25, 0.3) is 17.1 Å². The van der Waals surface area contributed by atoms with Gasteiger partial charge in [-0.3, -0.25) is 4.57 Å². The second-order valence-electron chi connectivity index (χ2n) is 4.09. The molecule has 0 saturated heterocycles. The van der Waals surface area contributed by atoms with Crippen LogP contribution in [-0.2, 0) is 0 Å². The van der Waals surface area contributed by atoms with E-state index in [0.717, 1.165) is 10.0 Å². The molecule has 1 heterocycles. The molecule has 0 N–H and O–H groups in total. The molecule has 3 rings (SSSR count). The molecule has 0 aliphatic rings. The van der Waals surface area contributed by atoms with Crippen LogP contribution >= 0.6 is 27.5 Å². The van der Waals surface area contributed by atoms with E-state index in [1.54, 1.807) is 12.1 Å². The molecular weight excluding hydrogens is 345 g/mol. The molecule has 0 unspecified atom stereocenters. The van der Waals surface area contributed by atoms with Gasteiger partial charge in [0.1, 0.15) is 5.82 Å². The van der Waals surface area contributed by atoms with Crippen LogP contribution in [0.15, 0.2) is 53.0 Å². The van der Waals surface area contributed by atoms with Gasteiger partial charge in [-0.1, -0.05) is 46.3 Å². The number of benzene rings is 2. The van der Waals surface area contributed by atoms with Crippen molar-refractivity contribution in [3.63, 3.8) is 0 Å². The molecule has 0 amide bonds. The highest BCUT2D eigenvalue weighted by molar-refractivity contribution is 9.10. The Hall–Kier alpha value is -1.72. The van der Waals surface area contributed by atoms with E-state index in [-0.39, 0.29) is 5.28 Å². The molecule has 6 heteroatoms. The lowest BCUT2D eigenvalue weighted by Crippen LogP contribution is -2.01. The monoisotopic (exact) mass is 351 g/mol. The Bertz CT molecular complexity index is 758. The summed E-state index contributed by atoms with van der Waals surface area (Å²) in [6.07, 6.45) is 0. The van der Waals surface area contributed by atoms with Crippen molar-refractivity contribution in [2.75, 3.05) is 0 Å². The Balaban J connectivity index is 2.24. The number of hydrogen-bond donors (Lipinski definition) is 0. The van der Waals surface area contributed by atoms with Crippen molar-refractivity contribution >= 4 is 27.5 Å². The van der Waals surface area contributed by atoms with E-state index in [4.69, 9.17) is 11.6 Å². The first-order valence-electron chi connectivity index (χ1n) is 5.78. The lowest BCUT2D eigenvalue weighted by Gasteiger charge is -2.09. The Morgan fingerprint density at radius 2 is 1.80 bits per heavy atom. The van der Waals surface area contributed by atoms with Crippen LogP contribution in [-0.4, -0.2) is 14.8 Å². The van der Waals surface area contributed by atoms with Gasteiger partial charge < -0.3 is 0 Å². The third-order valence-corrected chi connectivity index (χ3v) is 3.54. The maximum Gasteiger partial charge on any atom is 0.230 e. The van der Waals surface area contributed by atoms with Gasteiger partial charge in [0.15, 0.2) is 5.82 Å². The zero-order valence-corrected chi connectivity index (χ0v) is 12.4. The summed E-state index contributed by atoms with van der Waals surface area (Å²) in [7, 11) is 0. The topological polar surface area (TPSA) is 30.7 Å². The maximum absolute atomic E-state index is 14.1. The molecule has 3 aromatic rings. The predicted molar refractivity (Wildman–Crippen MR) is 79.5 cm³/mol. The van der Waals surface area contributed by atoms with Gasteiger partial charge in [0.25, 0.3) is 0 Å². The second-order valence-corrected chi connectivity index (χ2v) is 5.34. The molecule has 0 fully saturated rings. The average molecular weight is 353 g/mol. The lowest BCUT2D eigenvalue weighted by atomic mass is 10.2. The third-order valence-electron chi connectivity index (χ3n) is 2.80. The van der Waals surface area contributed by atoms with Crippen molar-refractivity contribution in [2.24, 2.45) is 0 Å². The smallest absolute Gasteiger partial charge is 0.230 e. The molecule has 1 aromatic heterocycles. The van der Waals surface area contributed by atoms with Gasteiger partial charge in [-0.15, -0.1) is 10.2 Å². The number of nitrogens with zero attached hydrogens (tertiary/aromatic N) is 3.